The van der Waals surface area contributed by atoms with Gasteiger partial charge in [-0.15, -0.1) is 0 Å². The van der Waals surface area contributed by atoms with Gasteiger partial charge in [0.25, 0.3) is 0 Å². The molecule has 2 aromatic heterocycles. The van der Waals surface area contributed by atoms with E-state index in [9.17, 15) is 0 Å². The molecule has 14 heavy (non-hydrogen) atoms. The van der Waals surface area contributed by atoms with Crippen LogP contribution in [0, 0.1) is 0 Å². The molecule has 2 rings (SSSR count). The third-order valence-electron chi connectivity index (χ3n) is 2.05. The van der Waals surface area contributed by atoms with E-state index in [4.69, 9.17) is 5.73 Å². The Balaban J connectivity index is 2.30. The van der Waals surface area contributed by atoms with Crippen molar-refractivity contribution in [3.8, 4) is 0 Å². The number of rotatable bonds is 2. The summed E-state index contributed by atoms with van der Waals surface area (Å²) in [6.45, 7) is 0. The molecule has 0 bridgehead atoms. The molecule has 3 nitrogen and oxygen atoms in total. The van der Waals surface area contributed by atoms with Gasteiger partial charge in [0.15, 0.2) is 0 Å². The maximum Gasteiger partial charge on any atom is 0.0741 e. The van der Waals surface area contributed by atoms with Gasteiger partial charge < -0.3 is 5.73 Å². The standard InChI is InChI=1S/C11H11N3/c12-11(9-4-3-6-13-8-9)10-5-1-2-7-14-10/h1-8,11H,12H2/t11-/m0/s1. The molecule has 0 aromatic carbocycles. The van der Waals surface area contributed by atoms with Crippen LogP contribution >= 0.6 is 0 Å². The van der Waals surface area contributed by atoms with Crippen LogP contribution in [0.5, 0.6) is 0 Å². The lowest BCUT2D eigenvalue weighted by atomic mass is 10.1. The van der Waals surface area contributed by atoms with Gasteiger partial charge in [0, 0.05) is 18.6 Å². The highest BCUT2D eigenvalue weighted by Crippen LogP contribution is 2.15. The fourth-order valence-corrected chi connectivity index (χ4v) is 1.29. The first-order valence-corrected chi connectivity index (χ1v) is 4.44. The molecule has 2 heterocycles. The highest BCUT2D eigenvalue weighted by Gasteiger charge is 2.08. The van der Waals surface area contributed by atoms with E-state index in [0.717, 1.165) is 11.3 Å². The minimum Gasteiger partial charge on any atom is -0.319 e. The lowest BCUT2D eigenvalue weighted by Gasteiger charge is -2.09. The van der Waals surface area contributed by atoms with Crippen LogP contribution in [0.2, 0.25) is 0 Å². The van der Waals surface area contributed by atoms with Crippen molar-refractivity contribution in [2.24, 2.45) is 5.73 Å². The predicted octanol–water partition coefficient (Wildman–Crippen LogP) is 1.52. The second kappa shape index (κ2) is 3.98. The maximum absolute atomic E-state index is 6.01. The van der Waals surface area contributed by atoms with Crippen LogP contribution in [0.25, 0.3) is 0 Å². The quantitative estimate of drug-likeness (QED) is 0.771. The molecule has 2 aromatic rings. The van der Waals surface area contributed by atoms with E-state index >= 15 is 0 Å². The molecule has 0 aliphatic heterocycles. The summed E-state index contributed by atoms with van der Waals surface area (Å²) in [7, 11) is 0. The number of pyridine rings is 2. The van der Waals surface area contributed by atoms with Crippen molar-refractivity contribution in [3.05, 3.63) is 60.2 Å². The third-order valence-corrected chi connectivity index (χ3v) is 2.05. The van der Waals surface area contributed by atoms with Gasteiger partial charge >= 0.3 is 0 Å². The Morgan fingerprint density at radius 3 is 2.64 bits per heavy atom. The molecule has 2 N–H and O–H groups in total. The number of hydrogen-bond acceptors (Lipinski definition) is 3. The Bertz CT molecular complexity index is 346. The summed E-state index contributed by atoms with van der Waals surface area (Å²) in [5, 5.41) is 0. The molecule has 1 atom stereocenters. The number of nitrogens with two attached hydrogens (primary N) is 1. The Morgan fingerprint density at radius 2 is 2.00 bits per heavy atom. The second-order valence-electron chi connectivity index (χ2n) is 3.02. The van der Waals surface area contributed by atoms with Gasteiger partial charge in [-0.2, -0.15) is 0 Å². The third kappa shape index (κ3) is 1.78. The van der Waals surface area contributed by atoms with E-state index < -0.39 is 0 Å². The summed E-state index contributed by atoms with van der Waals surface area (Å²) in [6.07, 6.45) is 5.24. The van der Waals surface area contributed by atoms with Crippen molar-refractivity contribution in [1.82, 2.24) is 9.97 Å². The van der Waals surface area contributed by atoms with E-state index in [0.29, 0.717) is 0 Å². The van der Waals surface area contributed by atoms with Gasteiger partial charge in [0.1, 0.15) is 0 Å². The van der Waals surface area contributed by atoms with Gasteiger partial charge in [-0.1, -0.05) is 12.1 Å². The average molecular weight is 185 g/mol. The largest absolute Gasteiger partial charge is 0.319 e. The summed E-state index contributed by atoms with van der Waals surface area (Å²) in [6, 6.07) is 9.35. The van der Waals surface area contributed by atoms with Gasteiger partial charge in [-0.3, -0.25) is 9.97 Å². The smallest absolute Gasteiger partial charge is 0.0741 e. The molecular weight excluding hydrogens is 174 g/mol. The zero-order valence-electron chi connectivity index (χ0n) is 7.67. The van der Waals surface area contributed by atoms with Crippen molar-refractivity contribution in [2.75, 3.05) is 0 Å². The van der Waals surface area contributed by atoms with Crippen molar-refractivity contribution < 1.29 is 0 Å². The van der Waals surface area contributed by atoms with Crippen LogP contribution < -0.4 is 5.73 Å². The Morgan fingerprint density at radius 1 is 1.07 bits per heavy atom. The minimum absolute atomic E-state index is 0.190. The number of nitrogens with zero attached hydrogens (tertiary/aromatic N) is 2. The number of aromatic nitrogens is 2. The summed E-state index contributed by atoms with van der Waals surface area (Å²) >= 11 is 0. The molecule has 70 valence electrons. The Kier molecular flexibility index (Phi) is 2.51. The second-order valence-corrected chi connectivity index (χ2v) is 3.02. The van der Waals surface area contributed by atoms with E-state index in [1.54, 1.807) is 18.6 Å². The zero-order chi connectivity index (χ0) is 9.80. The fraction of sp³-hybridized carbons (Fsp3) is 0.0909. The maximum atomic E-state index is 6.01. The topological polar surface area (TPSA) is 51.8 Å². The lowest BCUT2D eigenvalue weighted by Crippen LogP contribution is -2.13. The number of hydrogen-bond donors (Lipinski definition) is 1. The van der Waals surface area contributed by atoms with E-state index in [1.807, 2.05) is 30.3 Å². The van der Waals surface area contributed by atoms with E-state index in [1.165, 1.54) is 0 Å². The SMILES string of the molecule is N[C@@H](c1cccnc1)c1ccccn1. The van der Waals surface area contributed by atoms with Gasteiger partial charge in [0.05, 0.1) is 11.7 Å². The molecule has 3 heteroatoms. The van der Waals surface area contributed by atoms with Crippen LogP contribution in [-0.4, -0.2) is 9.97 Å². The first kappa shape index (κ1) is 8.84. The van der Waals surface area contributed by atoms with Crippen molar-refractivity contribution in [3.63, 3.8) is 0 Å². The Labute approximate surface area is 82.6 Å². The molecule has 0 unspecified atom stereocenters. The average Bonchev–Trinajstić information content (AvgIpc) is 2.30. The predicted molar refractivity (Wildman–Crippen MR) is 54.5 cm³/mol. The van der Waals surface area contributed by atoms with Crippen LogP contribution in [0.1, 0.15) is 17.3 Å². The van der Waals surface area contributed by atoms with Crippen LogP contribution in [0.4, 0.5) is 0 Å². The zero-order valence-corrected chi connectivity index (χ0v) is 7.67. The normalized spacial score (nSPS) is 12.4. The van der Waals surface area contributed by atoms with E-state index in [2.05, 4.69) is 9.97 Å². The summed E-state index contributed by atoms with van der Waals surface area (Å²) in [5.74, 6) is 0. The summed E-state index contributed by atoms with van der Waals surface area (Å²) in [5.41, 5.74) is 7.85. The van der Waals surface area contributed by atoms with Crippen LogP contribution in [0.3, 0.4) is 0 Å². The summed E-state index contributed by atoms with van der Waals surface area (Å²) < 4.78 is 0. The van der Waals surface area contributed by atoms with Gasteiger partial charge in [0.2, 0.25) is 0 Å². The molecule has 0 radical (unpaired) electrons. The molecule has 0 amide bonds. The van der Waals surface area contributed by atoms with Gasteiger partial charge in [-0.05, 0) is 23.8 Å². The highest BCUT2D eigenvalue weighted by atomic mass is 14.8. The van der Waals surface area contributed by atoms with Crippen molar-refractivity contribution in [1.29, 1.82) is 0 Å². The Hall–Kier alpha value is -1.74. The molecule has 0 fully saturated rings. The molecule has 0 aliphatic carbocycles. The summed E-state index contributed by atoms with van der Waals surface area (Å²) in [4.78, 5) is 8.23. The molecular formula is C11H11N3. The monoisotopic (exact) mass is 185 g/mol. The first-order chi connectivity index (χ1) is 6.88. The van der Waals surface area contributed by atoms with Gasteiger partial charge in [-0.25, -0.2) is 0 Å². The molecule has 0 saturated carbocycles. The highest BCUT2D eigenvalue weighted by molar-refractivity contribution is 5.23. The van der Waals surface area contributed by atoms with E-state index in [-0.39, 0.29) is 6.04 Å². The first-order valence-electron chi connectivity index (χ1n) is 4.44. The molecule has 0 saturated heterocycles. The van der Waals surface area contributed by atoms with Crippen LogP contribution in [0.15, 0.2) is 48.9 Å². The van der Waals surface area contributed by atoms with Crippen molar-refractivity contribution in [2.45, 2.75) is 6.04 Å². The van der Waals surface area contributed by atoms with Crippen molar-refractivity contribution >= 4 is 0 Å². The molecule has 0 spiro atoms. The van der Waals surface area contributed by atoms with Crippen LogP contribution in [-0.2, 0) is 0 Å². The fourth-order valence-electron chi connectivity index (χ4n) is 1.29. The lowest BCUT2D eigenvalue weighted by molar-refractivity contribution is 0.823. The molecule has 0 aliphatic rings. The minimum atomic E-state index is -0.190.